The number of rotatable bonds is 14. The van der Waals surface area contributed by atoms with Gasteiger partial charge in [0.05, 0.1) is 49.6 Å². The van der Waals surface area contributed by atoms with Crippen LogP contribution in [-0.2, 0) is 23.9 Å². The lowest BCUT2D eigenvalue weighted by Gasteiger charge is -2.30. The molecule has 62 heavy (non-hydrogen) atoms. The number of aromatic nitrogens is 4. The van der Waals surface area contributed by atoms with Gasteiger partial charge in [0, 0.05) is 32.0 Å². The standard InChI is InChI=1S/C48H56N8O6/c1-28(2)41(54-48(60)62-5)46(58)55-25-29(3)21-39(55)43-49-23-37(51-43)33-15-11-31(12-16-33)32-13-17-34(18-14-32)38-24-50-44(52-38)40-22-30(27-61-4)26-56(40)47(59)42(35-9-7-6-8-10-35)53-45(57)36-19-20-36/h6-18,23-24,28-30,36,39-42H,19-22,25-27H2,1-5H3,(H,49,51)(H,50,52)(H,53,57)(H,54,60)/t29-,30-,39-,40-,41-,42+/m0/s1. The van der Waals surface area contributed by atoms with Gasteiger partial charge in [0.15, 0.2) is 0 Å². The maximum atomic E-state index is 14.4. The second-order valence-electron chi connectivity index (χ2n) is 17.4. The van der Waals surface area contributed by atoms with Crippen LogP contribution in [0.2, 0.25) is 0 Å². The summed E-state index contributed by atoms with van der Waals surface area (Å²) in [6.45, 7) is 7.52. The predicted molar refractivity (Wildman–Crippen MR) is 234 cm³/mol. The van der Waals surface area contributed by atoms with Crippen molar-refractivity contribution in [3.05, 3.63) is 108 Å². The summed E-state index contributed by atoms with van der Waals surface area (Å²) in [5.41, 5.74) is 6.49. The molecule has 1 aliphatic carbocycles. The van der Waals surface area contributed by atoms with E-state index >= 15 is 0 Å². The average molecular weight is 841 g/mol. The van der Waals surface area contributed by atoms with E-state index in [0.29, 0.717) is 31.9 Å². The summed E-state index contributed by atoms with van der Waals surface area (Å²) in [6, 6.07) is 24.0. The summed E-state index contributed by atoms with van der Waals surface area (Å²) < 4.78 is 10.3. The summed E-state index contributed by atoms with van der Waals surface area (Å²) in [5.74, 6) is 1.30. The van der Waals surface area contributed by atoms with Crippen LogP contribution in [0.15, 0.2) is 91.3 Å². The van der Waals surface area contributed by atoms with Crippen LogP contribution in [0, 0.1) is 23.7 Å². The number of H-pyrrole nitrogens is 2. The first-order chi connectivity index (χ1) is 30.0. The van der Waals surface area contributed by atoms with E-state index in [1.165, 1.54) is 7.11 Å². The molecular formula is C48H56N8O6. The number of aromatic amines is 2. The molecule has 6 atom stereocenters. The van der Waals surface area contributed by atoms with E-state index < -0.39 is 18.2 Å². The lowest BCUT2D eigenvalue weighted by Crippen LogP contribution is -2.51. The van der Waals surface area contributed by atoms with Gasteiger partial charge in [0.1, 0.15) is 23.7 Å². The van der Waals surface area contributed by atoms with E-state index in [1.54, 1.807) is 7.11 Å². The number of hydrogen-bond donors (Lipinski definition) is 4. The van der Waals surface area contributed by atoms with E-state index in [-0.39, 0.29) is 53.5 Å². The van der Waals surface area contributed by atoms with Crippen LogP contribution in [0.3, 0.4) is 0 Å². The van der Waals surface area contributed by atoms with Gasteiger partial charge >= 0.3 is 6.09 Å². The first kappa shape index (κ1) is 42.4. The van der Waals surface area contributed by atoms with Gasteiger partial charge in [-0.05, 0) is 65.3 Å². The second-order valence-corrected chi connectivity index (χ2v) is 17.4. The molecule has 8 rings (SSSR count). The molecule has 2 aliphatic heterocycles. The molecule has 3 fully saturated rings. The van der Waals surface area contributed by atoms with E-state index in [0.717, 1.165) is 64.3 Å². The molecular weight excluding hydrogens is 785 g/mol. The smallest absolute Gasteiger partial charge is 0.407 e. The topological polar surface area (TPSA) is 175 Å². The van der Waals surface area contributed by atoms with Gasteiger partial charge in [-0.3, -0.25) is 14.4 Å². The number of imidazole rings is 2. The Morgan fingerprint density at radius 3 is 1.81 bits per heavy atom. The number of hydrogen-bond acceptors (Lipinski definition) is 8. The van der Waals surface area contributed by atoms with Gasteiger partial charge in [-0.2, -0.15) is 0 Å². The maximum Gasteiger partial charge on any atom is 0.407 e. The zero-order valence-corrected chi connectivity index (χ0v) is 36.0. The highest BCUT2D eigenvalue weighted by atomic mass is 16.5. The third-order valence-electron chi connectivity index (χ3n) is 12.4. The van der Waals surface area contributed by atoms with Crippen molar-refractivity contribution in [1.82, 2.24) is 40.4 Å². The van der Waals surface area contributed by atoms with Crippen LogP contribution in [0.5, 0.6) is 0 Å². The molecule has 3 aliphatic rings. The molecule has 0 radical (unpaired) electrons. The summed E-state index contributed by atoms with van der Waals surface area (Å²) >= 11 is 0. The van der Waals surface area contributed by atoms with E-state index in [1.807, 2.05) is 66.4 Å². The van der Waals surface area contributed by atoms with E-state index in [2.05, 4.69) is 76.1 Å². The molecule has 14 nitrogen and oxygen atoms in total. The summed E-state index contributed by atoms with van der Waals surface area (Å²) in [7, 11) is 2.97. The fourth-order valence-corrected chi connectivity index (χ4v) is 8.90. The van der Waals surface area contributed by atoms with Gasteiger partial charge in [-0.25, -0.2) is 14.8 Å². The lowest BCUT2D eigenvalue weighted by atomic mass is 10.0. The Labute approximate surface area is 362 Å². The number of benzene rings is 3. The Hall–Kier alpha value is -6.28. The van der Waals surface area contributed by atoms with Gasteiger partial charge in [-0.15, -0.1) is 0 Å². The minimum absolute atomic E-state index is 0.0266. The molecule has 0 spiro atoms. The molecule has 4 amide bonds. The number of carbonyl (C=O) groups excluding carboxylic acids is 4. The molecule has 14 heteroatoms. The fraction of sp³-hybridized carbons (Fsp3) is 0.417. The van der Waals surface area contributed by atoms with Gasteiger partial charge in [-0.1, -0.05) is 99.6 Å². The van der Waals surface area contributed by atoms with Crippen molar-refractivity contribution < 1.29 is 28.7 Å². The number of likely N-dealkylation sites (tertiary alicyclic amines) is 2. The summed E-state index contributed by atoms with van der Waals surface area (Å²) in [4.78, 5) is 73.3. The van der Waals surface area contributed by atoms with Gasteiger partial charge in [0.2, 0.25) is 17.7 Å². The van der Waals surface area contributed by atoms with Crippen LogP contribution < -0.4 is 10.6 Å². The van der Waals surface area contributed by atoms with Crippen molar-refractivity contribution in [3.63, 3.8) is 0 Å². The van der Waals surface area contributed by atoms with Crippen molar-refractivity contribution in [2.75, 3.05) is 33.9 Å². The Kier molecular flexibility index (Phi) is 12.6. The highest BCUT2D eigenvalue weighted by Crippen LogP contribution is 2.39. The number of methoxy groups -OCH3 is 2. The molecule has 0 unspecified atom stereocenters. The summed E-state index contributed by atoms with van der Waals surface area (Å²) in [6.07, 6.45) is 6.15. The third-order valence-corrected chi connectivity index (χ3v) is 12.4. The Balaban J connectivity index is 0.949. The Morgan fingerprint density at radius 2 is 1.27 bits per heavy atom. The second kappa shape index (κ2) is 18.4. The van der Waals surface area contributed by atoms with Crippen LogP contribution in [0.4, 0.5) is 4.79 Å². The molecule has 0 bridgehead atoms. The molecule has 2 aromatic heterocycles. The molecule has 4 N–H and O–H groups in total. The van der Waals surface area contributed by atoms with Crippen LogP contribution in [0.1, 0.15) is 81.8 Å². The van der Waals surface area contributed by atoms with Gasteiger partial charge < -0.3 is 39.9 Å². The molecule has 2 saturated heterocycles. The fourth-order valence-electron chi connectivity index (χ4n) is 8.90. The molecule has 324 valence electrons. The normalized spacial score (nSPS) is 20.9. The predicted octanol–water partition coefficient (Wildman–Crippen LogP) is 7.23. The summed E-state index contributed by atoms with van der Waals surface area (Å²) in [5, 5.41) is 5.77. The Morgan fingerprint density at radius 1 is 0.726 bits per heavy atom. The monoisotopic (exact) mass is 840 g/mol. The minimum Gasteiger partial charge on any atom is -0.453 e. The quantitative estimate of drug-likeness (QED) is 0.0907. The first-order valence-electron chi connectivity index (χ1n) is 21.6. The van der Waals surface area contributed by atoms with Gasteiger partial charge in [0.25, 0.3) is 0 Å². The van der Waals surface area contributed by atoms with Crippen LogP contribution >= 0.6 is 0 Å². The van der Waals surface area contributed by atoms with Crippen molar-refractivity contribution in [2.24, 2.45) is 23.7 Å². The maximum absolute atomic E-state index is 14.4. The first-order valence-corrected chi connectivity index (χ1v) is 21.6. The van der Waals surface area contributed by atoms with Crippen molar-refractivity contribution >= 4 is 23.8 Å². The number of carbonyl (C=O) groups is 4. The number of nitrogens with one attached hydrogen (secondary N) is 4. The number of nitrogens with zero attached hydrogens (tertiary/aromatic N) is 4. The number of amides is 4. The third kappa shape index (κ3) is 9.15. The van der Waals surface area contributed by atoms with Crippen molar-refractivity contribution in [1.29, 1.82) is 0 Å². The molecule has 3 aromatic carbocycles. The largest absolute Gasteiger partial charge is 0.453 e. The molecule has 4 heterocycles. The zero-order chi connectivity index (χ0) is 43.5. The molecule has 1 saturated carbocycles. The highest BCUT2D eigenvalue weighted by Gasteiger charge is 2.43. The van der Waals surface area contributed by atoms with Crippen LogP contribution in [-0.4, -0.2) is 93.5 Å². The van der Waals surface area contributed by atoms with E-state index in [4.69, 9.17) is 19.4 Å². The minimum atomic E-state index is -0.785. The zero-order valence-electron chi connectivity index (χ0n) is 36.0. The van der Waals surface area contributed by atoms with Crippen molar-refractivity contribution in [2.45, 2.75) is 70.6 Å². The number of ether oxygens (including phenoxy) is 2. The highest BCUT2D eigenvalue weighted by molar-refractivity contribution is 5.91. The molecule has 5 aromatic rings. The van der Waals surface area contributed by atoms with E-state index in [9.17, 15) is 19.2 Å². The average Bonchev–Trinajstić information content (AvgIpc) is 3.61. The van der Waals surface area contributed by atoms with Crippen LogP contribution in [0.25, 0.3) is 33.6 Å². The SMILES string of the molecule is COC[C@H]1C[C@@H](c2ncc(-c3ccc(-c4ccc(-c5cnc([C@@H]6C[C@H](C)CN6C(=O)[C@@H](NC(=O)OC)C(C)C)[nH]5)cc4)cc3)[nH]2)N(C(=O)[C@H](NC(=O)C2CC2)c2ccccc2)C1. The Bertz CT molecular complexity index is 2360. The number of alkyl carbamates (subject to hydrolysis) is 1. The van der Waals surface area contributed by atoms with Crippen molar-refractivity contribution in [3.8, 4) is 33.6 Å². The lowest BCUT2D eigenvalue weighted by molar-refractivity contribution is -0.138.